The number of ether oxygens (including phenoxy) is 2. The van der Waals surface area contributed by atoms with Crippen LogP contribution in [0.15, 0.2) is 18.2 Å². The van der Waals surface area contributed by atoms with Gasteiger partial charge < -0.3 is 14.6 Å². The molecule has 1 aromatic carbocycles. The van der Waals surface area contributed by atoms with Crippen molar-refractivity contribution >= 4 is 0 Å². The van der Waals surface area contributed by atoms with E-state index in [-0.39, 0.29) is 5.60 Å². The van der Waals surface area contributed by atoms with Gasteiger partial charge in [-0.2, -0.15) is 0 Å². The van der Waals surface area contributed by atoms with Crippen molar-refractivity contribution in [2.24, 2.45) is 5.92 Å². The normalized spacial score (nSPS) is 26.6. The topological polar surface area (TPSA) is 38.7 Å². The van der Waals surface area contributed by atoms with Crippen molar-refractivity contribution in [3.8, 4) is 11.5 Å². The Kier molecular flexibility index (Phi) is 4.59. The Morgan fingerprint density at radius 1 is 1.45 bits per heavy atom. The number of aliphatic hydroxyl groups is 1. The first-order valence-electron chi connectivity index (χ1n) is 7.58. The Hall–Kier alpha value is -1.22. The van der Waals surface area contributed by atoms with Crippen LogP contribution in [0.4, 0.5) is 0 Å². The third kappa shape index (κ3) is 2.93. The molecular weight excluding hydrogens is 252 g/mol. The van der Waals surface area contributed by atoms with E-state index in [1.165, 1.54) is 0 Å². The Bertz CT molecular complexity index is 458. The van der Waals surface area contributed by atoms with Gasteiger partial charge in [0.25, 0.3) is 0 Å². The molecule has 0 saturated heterocycles. The van der Waals surface area contributed by atoms with Gasteiger partial charge in [-0.15, -0.1) is 0 Å². The highest BCUT2D eigenvalue weighted by atomic mass is 16.5. The molecule has 1 aliphatic heterocycles. The molecule has 20 heavy (non-hydrogen) atoms. The van der Waals surface area contributed by atoms with Gasteiger partial charge in [0.05, 0.1) is 13.2 Å². The summed E-state index contributed by atoms with van der Waals surface area (Å²) in [6.45, 7) is 6.59. The molecule has 3 heteroatoms. The van der Waals surface area contributed by atoms with E-state index in [1.54, 1.807) is 7.11 Å². The Balaban J connectivity index is 2.29. The highest BCUT2D eigenvalue weighted by Gasteiger charge is 2.40. The summed E-state index contributed by atoms with van der Waals surface area (Å²) >= 11 is 0. The van der Waals surface area contributed by atoms with Gasteiger partial charge in [-0.25, -0.2) is 0 Å². The number of hydrogen-bond acceptors (Lipinski definition) is 3. The zero-order valence-electron chi connectivity index (χ0n) is 13.0. The maximum atomic E-state index is 10.5. The smallest absolute Gasteiger partial charge is 0.126 e. The van der Waals surface area contributed by atoms with Crippen LogP contribution in [-0.2, 0) is 0 Å². The SMILES string of the molecule is CCC(C)CC1(CC)CC(O)c2cc(OC)ccc2O1. The summed E-state index contributed by atoms with van der Waals surface area (Å²) in [5.41, 5.74) is 0.605. The molecule has 0 fully saturated rings. The lowest BCUT2D eigenvalue weighted by Crippen LogP contribution is -2.42. The van der Waals surface area contributed by atoms with Crippen molar-refractivity contribution in [3.63, 3.8) is 0 Å². The number of fused-ring (bicyclic) bond motifs is 1. The lowest BCUT2D eigenvalue weighted by molar-refractivity contribution is -0.0319. The van der Waals surface area contributed by atoms with Gasteiger partial charge >= 0.3 is 0 Å². The number of methoxy groups -OCH3 is 1. The van der Waals surface area contributed by atoms with Crippen LogP contribution < -0.4 is 9.47 Å². The van der Waals surface area contributed by atoms with Gasteiger partial charge in [0.15, 0.2) is 0 Å². The average molecular weight is 278 g/mol. The number of aliphatic hydroxyl groups excluding tert-OH is 1. The predicted octanol–water partition coefficient (Wildman–Crippen LogP) is 4.10. The van der Waals surface area contributed by atoms with Gasteiger partial charge in [-0.05, 0) is 37.0 Å². The van der Waals surface area contributed by atoms with E-state index in [2.05, 4.69) is 20.8 Å². The van der Waals surface area contributed by atoms with Crippen LogP contribution in [0.2, 0.25) is 0 Å². The predicted molar refractivity (Wildman–Crippen MR) is 80.3 cm³/mol. The molecule has 1 aromatic rings. The minimum atomic E-state index is -0.474. The quantitative estimate of drug-likeness (QED) is 0.881. The van der Waals surface area contributed by atoms with E-state index >= 15 is 0 Å². The summed E-state index contributed by atoms with van der Waals surface area (Å²) < 4.78 is 11.5. The van der Waals surface area contributed by atoms with Crippen molar-refractivity contribution < 1.29 is 14.6 Å². The summed E-state index contributed by atoms with van der Waals surface area (Å²) in [5.74, 6) is 2.16. The molecule has 2 rings (SSSR count). The molecule has 1 heterocycles. The fraction of sp³-hybridized carbons (Fsp3) is 0.647. The van der Waals surface area contributed by atoms with E-state index in [9.17, 15) is 5.11 Å². The third-order valence-corrected chi connectivity index (χ3v) is 4.53. The van der Waals surface area contributed by atoms with E-state index in [1.807, 2.05) is 18.2 Å². The Morgan fingerprint density at radius 2 is 2.20 bits per heavy atom. The molecular formula is C17H26O3. The van der Waals surface area contributed by atoms with E-state index in [0.717, 1.165) is 36.3 Å². The van der Waals surface area contributed by atoms with Crippen LogP contribution in [0.3, 0.4) is 0 Å². The standard InChI is InChI=1S/C17H26O3/c1-5-12(3)10-17(6-2)11-15(18)14-9-13(19-4)7-8-16(14)20-17/h7-9,12,15,18H,5-6,10-11H2,1-4H3. The second-order valence-electron chi connectivity index (χ2n) is 5.98. The number of hydrogen-bond donors (Lipinski definition) is 1. The molecule has 3 nitrogen and oxygen atoms in total. The average Bonchev–Trinajstić information content (AvgIpc) is 2.46. The van der Waals surface area contributed by atoms with Crippen LogP contribution in [0.1, 0.15) is 58.1 Å². The van der Waals surface area contributed by atoms with Crippen molar-refractivity contribution in [1.82, 2.24) is 0 Å². The Morgan fingerprint density at radius 3 is 2.80 bits per heavy atom. The van der Waals surface area contributed by atoms with Gasteiger partial charge in [-0.1, -0.05) is 27.2 Å². The molecule has 3 atom stereocenters. The van der Waals surface area contributed by atoms with Crippen molar-refractivity contribution in [1.29, 1.82) is 0 Å². The summed E-state index contributed by atoms with van der Waals surface area (Å²) in [4.78, 5) is 0. The van der Waals surface area contributed by atoms with Crippen LogP contribution in [0.25, 0.3) is 0 Å². The monoisotopic (exact) mass is 278 g/mol. The zero-order chi connectivity index (χ0) is 14.8. The maximum absolute atomic E-state index is 10.5. The first-order valence-corrected chi connectivity index (χ1v) is 7.58. The maximum Gasteiger partial charge on any atom is 0.126 e. The lowest BCUT2D eigenvalue weighted by Gasteiger charge is -2.42. The molecule has 112 valence electrons. The molecule has 0 saturated carbocycles. The van der Waals surface area contributed by atoms with Crippen LogP contribution >= 0.6 is 0 Å². The fourth-order valence-corrected chi connectivity index (χ4v) is 3.01. The van der Waals surface area contributed by atoms with Crippen LogP contribution in [0.5, 0.6) is 11.5 Å². The second kappa shape index (κ2) is 6.04. The zero-order valence-corrected chi connectivity index (χ0v) is 13.0. The molecule has 0 bridgehead atoms. The van der Waals surface area contributed by atoms with E-state index < -0.39 is 6.10 Å². The van der Waals surface area contributed by atoms with Crippen molar-refractivity contribution in [3.05, 3.63) is 23.8 Å². The lowest BCUT2D eigenvalue weighted by atomic mass is 9.80. The van der Waals surface area contributed by atoms with Gasteiger partial charge in [-0.3, -0.25) is 0 Å². The molecule has 1 N–H and O–H groups in total. The van der Waals surface area contributed by atoms with E-state index in [4.69, 9.17) is 9.47 Å². The fourth-order valence-electron chi connectivity index (χ4n) is 3.01. The van der Waals surface area contributed by atoms with Gasteiger partial charge in [0, 0.05) is 12.0 Å². The minimum Gasteiger partial charge on any atom is -0.497 e. The number of rotatable bonds is 5. The molecule has 3 unspecified atom stereocenters. The summed E-state index contributed by atoms with van der Waals surface area (Å²) in [6.07, 6.45) is 3.23. The largest absolute Gasteiger partial charge is 0.497 e. The minimum absolute atomic E-state index is 0.240. The van der Waals surface area contributed by atoms with Gasteiger partial charge in [0.1, 0.15) is 17.1 Å². The second-order valence-corrected chi connectivity index (χ2v) is 5.98. The molecule has 0 aliphatic carbocycles. The molecule has 0 aromatic heterocycles. The van der Waals surface area contributed by atoms with Crippen molar-refractivity contribution in [2.75, 3.05) is 7.11 Å². The first kappa shape index (κ1) is 15.2. The third-order valence-electron chi connectivity index (χ3n) is 4.53. The molecule has 0 amide bonds. The molecule has 0 spiro atoms. The summed E-state index contributed by atoms with van der Waals surface area (Å²) in [7, 11) is 1.64. The Labute approximate surface area is 121 Å². The molecule has 1 aliphatic rings. The van der Waals surface area contributed by atoms with Crippen molar-refractivity contribution in [2.45, 2.75) is 58.2 Å². The van der Waals surface area contributed by atoms with Crippen LogP contribution in [0, 0.1) is 5.92 Å². The highest BCUT2D eigenvalue weighted by molar-refractivity contribution is 5.43. The highest BCUT2D eigenvalue weighted by Crippen LogP contribution is 2.45. The molecule has 0 radical (unpaired) electrons. The van der Waals surface area contributed by atoms with E-state index in [0.29, 0.717) is 12.3 Å². The first-order chi connectivity index (χ1) is 9.53. The van der Waals surface area contributed by atoms with Gasteiger partial charge in [0.2, 0.25) is 0 Å². The van der Waals surface area contributed by atoms with Crippen LogP contribution in [-0.4, -0.2) is 17.8 Å². The summed E-state index contributed by atoms with van der Waals surface area (Å²) in [5, 5.41) is 10.5. The summed E-state index contributed by atoms with van der Waals surface area (Å²) in [6, 6.07) is 5.68. The number of benzene rings is 1.